The predicted octanol–water partition coefficient (Wildman–Crippen LogP) is 1.65. The molecule has 6 heteroatoms. The van der Waals surface area contributed by atoms with Gasteiger partial charge < -0.3 is 19.9 Å². The maximum absolute atomic E-state index is 5.55. The van der Waals surface area contributed by atoms with Crippen LogP contribution in [0.4, 0.5) is 0 Å². The molecule has 0 spiro atoms. The molecule has 128 valence electrons. The number of aryl methyl sites for hydroxylation is 1. The number of fused-ring (bicyclic) bond motifs is 1. The molecular formula is C18H25N5O. The van der Waals surface area contributed by atoms with E-state index in [1.807, 2.05) is 17.8 Å². The van der Waals surface area contributed by atoms with Crippen LogP contribution in [-0.4, -0.2) is 35.2 Å². The normalized spacial score (nSPS) is 13.5. The van der Waals surface area contributed by atoms with Crippen molar-refractivity contribution >= 4 is 5.96 Å². The lowest BCUT2D eigenvalue weighted by Gasteiger charge is -2.11. The van der Waals surface area contributed by atoms with Gasteiger partial charge in [0.2, 0.25) is 0 Å². The van der Waals surface area contributed by atoms with E-state index in [9.17, 15) is 0 Å². The Kier molecular flexibility index (Phi) is 5.36. The fourth-order valence-corrected chi connectivity index (χ4v) is 2.76. The van der Waals surface area contributed by atoms with Gasteiger partial charge in [0.05, 0.1) is 6.61 Å². The summed E-state index contributed by atoms with van der Waals surface area (Å²) >= 11 is 0. The molecular weight excluding hydrogens is 302 g/mol. The third kappa shape index (κ3) is 4.07. The smallest absolute Gasteiger partial charge is 0.191 e. The zero-order valence-electron chi connectivity index (χ0n) is 14.4. The van der Waals surface area contributed by atoms with Gasteiger partial charge in [0.15, 0.2) is 5.96 Å². The lowest BCUT2D eigenvalue weighted by atomic mass is 10.1. The van der Waals surface area contributed by atoms with Crippen molar-refractivity contribution in [3.8, 4) is 5.75 Å². The molecule has 1 aromatic carbocycles. The van der Waals surface area contributed by atoms with Crippen molar-refractivity contribution in [2.45, 2.75) is 26.3 Å². The summed E-state index contributed by atoms with van der Waals surface area (Å²) < 4.78 is 7.54. The van der Waals surface area contributed by atoms with Crippen molar-refractivity contribution in [1.29, 1.82) is 0 Å². The van der Waals surface area contributed by atoms with Crippen LogP contribution in [0, 0.1) is 0 Å². The van der Waals surface area contributed by atoms with Gasteiger partial charge in [-0.2, -0.15) is 0 Å². The van der Waals surface area contributed by atoms with Gasteiger partial charge >= 0.3 is 0 Å². The van der Waals surface area contributed by atoms with Gasteiger partial charge in [0.25, 0.3) is 0 Å². The molecule has 0 radical (unpaired) electrons. The maximum Gasteiger partial charge on any atom is 0.191 e. The molecule has 0 saturated heterocycles. The highest BCUT2D eigenvalue weighted by Gasteiger charge is 2.11. The summed E-state index contributed by atoms with van der Waals surface area (Å²) in [5.74, 6) is 2.81. The van der Waals surface area contributed by atoms with E-state index in [0.717, 1.165) is 50.1 Å². The van der Waals surface area contributed by atoms with Crippen LogP contribution in [0.3, 0.4) is 0 Å². The lowest BCUT2D eigenvalue weighted by Crippen LogP contribution is -2.38. The van der Waals surface area contributed by atoms with Gasteiger partial charge in [0, 0.05) is 39.0 Å². The first kappa shape index (κ1) is 16.4. The van der Waals surface area contributed by atoms with E-state index in [1.54, 1.807) is 6.20 Å². The van der Waals surface area contributed by atoms with Crippen LogP contribution >= 0.6 is 0 Å². The number of nitrogens with zero attached hydrogens (tertiary/aromatic N) is 3. The van der Waals surface area contributed by atoms with Gasteiger partial charge in [-0.1, -0.05) is 12.1 Å². The van der Waals surface area contributed by atoms with Crippen LogP contribution in [0.2, 0.25) is 0 Å². The van der Waals surface area contributed by atoms with Gasteiger partial charge in [-0.3, -0.25) is 0 Å². The van der Waals surface area contributed by atoms with Crippen LogP contribution in [0.25, 0.3) is 0 Å². The molecule has 2 heterocycles. The van der Waals surface area contributed by atoms with E-state index in [-0.39, 0.29) is 0 Å². The molecule has 0 aliphatic carbocycles. The summed E-state index contributed by atoms with van der Waals surface area (Å²) in [4.78, 5) is 8.89. The van der Waals surface area contributed by atoms with Crippen molar-refractivity contribution in [1.82, 2.24) is 20.2 Å². The third-order valence-electron chi connectivity index (χ3n) is 4.10. The zero-order valence-corrected chi connectivity index (χ0v) is 14.4. The first-order valence-electron chi connectivity index (χ1n) is 8.49. The first-order chi connectivity index (χ1) is 11.8. The van der Waals surface area contributed by atoms with Crippen LogP contribution < -0.4 is 15.4 Å². The Morgan fingerprint density at radius 2 is 2.29 bits per heavy atom. The molecule has 0 amide bonds. The van der Waals surface area contributed by atoms with Crippen LogP contribution in [0.15, 0.2) is 35.6 Å². The summed E-state index contributed by atoms with van der Waals surface area (Å²) in [6, 6.07) is 6.48. The topological polar surface area (TPSA) is 63.5 Å². The van der Waals surface area contributed by atoms with Crippen molar-refractivity contribution in [2.75, 3.05) is 19.7 Å². The minimum absolute atomic E-state index is 0.565. The number of aliphatic imine (C=N–C) groups is 1. The molecule has 0 bridgehead atoms. The zero-order chi connectivity index (χ0) is 16.8. The molecule has 2 N–H and O–H groups in total. The number of rotatable bonds is 6. The molecule has 1 aromatic heterocycles. The minimum atomic E-state index is 0.565. The Hall–Kier alpha value is -2.50. The first-order valence-corrected chi connectivity index (χ1v) is 8.49. The molecule has 0 saturated carbocycles. The number of benzene rings is 1. The number of ether oxygens (including phenoxy) is 1. The lowest BCUT2D eigenvalue weighted by molar-refractivity contribution is 0.357. The Morgan fingerprint density at radius 1 is 1.38 bits per heavy atom. The van der Waals surface area contributed by atoms with E-state index >= 15 is 0 Å². The largest absolute Gasteiger partial charge is 0.493 e. The monoisotopic (exact) mass is 327 g/mol. The number of nitrogens with one attached hydrogen (secondary N) is 2. The van der Waals surface area contributed by atoms with E-state index in [0.29, 0.717) is 6.54 Å². The highest BCUT2D eigenvalue weighted by molar-refractivity contribution is 5.79. The fraction of sp³-hybridized carbons (Fsp3) is 0.444. The molecule has 0 unspecified atom stereocenters. The molecule has 1 aliphatic rings. The summed E-state index contributed by atoms with van der Waals surface area (Å²) in [6.45, 7) is 5.11. The Bertz CT molecular complexity index is 707. The molecule has 6 nitrogen and oxygen atoms in total. The molecule has 2 aromatic rings. The second kappa shape index (κ2) is 7.86. The Labute approximate surface area is 143 Å². The number of hydrogen-bond acceptors (Lipinski definition) is 3. The van der Waals surface area contributed by atoms with Crippen LogP contribution in [-0.2, 0) is 26.4 Å². The third-order valence-corrected chi connectivity index (χ3v) is 4.10. The van der Waals surface area contributed by atoms with Gasteiger partial charge in [0.1, 0.15) is 18.1 Å². The Morgan fingerprint density at radius 3 is 3.08 bits per heavy atom. The number of hydrogen-bond donors (Lipinski definition) is 2. The predicted molar refractivity (Wildman–Crippen MR) is 95.4 cm³/mol. The van der Waals surface area contributed by atoms with E-state index < -0.39 is 0 Å². The molecule has 24 heavy (non-hydrogen) atoms. The summed E-state index contributed by atoms with van der Waals surface area (Å²) in [7, 11) is 1.98. The quantitative estimate of drug-likeness (QED) is 0.625. The standard InChI is InChI=1S/C18H25N5O/c1-3-19-18(22-13-17-20-9-10-23(17)2)21-8-6-14-4-5-16-15(12-14)7-11-24-16/h4-5,9-10,12H,3,6-8,11,13H2,1-2H3,(H2,19,21,22). The maximum atomic E-state index is 5.55. The molecule has 0 fully saturated rings. The molecule has 3 rings (SSSR count). The molecule has 0 atom stereocenters. The highest BCUT2D eigenvalue weighted by atomic mass is 16.5. The number of guanidine groups is 1. The van der Waals surface area contributed by atoms with Crippen molar-refractivity contribution in [3.05, 3.63) is 47.5 Å². The highest BCUT2D eigenvalue weighted by Crippen LogP contribution is 2.25. The molecule has 1 aliphatic heterocycles. The second-order valence-electron chi connectivity index (χ2n) is 5.87. The second-order valence-corrected chi connectivity index (χ2v) is 5.87. The summed E-state index contributed by atoms with van der Waals surface area (Å²) in [5, 5.41) is 6.66. The number of imidazole rings is 1. The average Bonchev–Trinajstić information content (AvgIpc) is 3.21. The van der Waals surface area contributed by atoms with Crippen molar-refractivity contribution in [3.63, 3.8) is 0 Å². The van der Waals surface area contributed by atoms with E-state index in [1.165, 1.54) is 11.1 Å². The minimum Gasteiger partial charge on any atom is -0.493 e. The fourth-order valence-electron chi connectivity index (χ4n) is 2.76. The van der Waals surface area contributed by atoms with Gasteiger partial charge in [-0.05, 0) is 30.5 Å². The number of aromatic nitrogens is 2. The van der Waals surface area contributed by atoms with Crippen molar-refractivity contribution in [2.24, 2.45) is 12.0 Å². The average molecular weight is 327 g/mol. The Balaban J connectivity index is 1.53. The van der Waals surface area contributed by atoms with Crippen LogP contribution in [0.1, 0.15) is 23.9 Å². The SMILES string of the molecule is CCNC(=NCc1nccn1C)NCCc1ccc2c(c1)CCO2. The summed E-state index contributed by atoms with van der Waals surface area (Å²) in [6.07, 6.45) is 5.70. The van der Waals surface area contributed by atoms with Gasteiger partial charge in [-0.25, -0.2) is 9.98 Å². The van der Waals surface area contributed by atoms with Crippen molar-refractivity contribution < 1.29 is 4.74 Å². The van der Waals surface area contributed by atoms with Crippen LogP contribution in [0.5, 0.6) is 5.75 Å². The van der Waals surface area contributed by atoms with E-state index in [4.69, 9.17) is 4.74 Å². The van der Waals surface area contributed by atoms with E-state index in [2.05, 4.69) is 45.7 Å². The summed E-state index contributed by atoms with van der Waals surface area (Å²) in [5.41, 5.74) is 2.65. The van der Waals surface area contributed by atoms with Gasteiger partial charge in [-0.15, -0.1) is 0 Å².